The van der Waals surface area contributed by atoms with E-state index in [0.29, 0.717) is 18.1 Å². The third kappa shape index (κ3) is 4.22. The third-order valence-corrected chi connectivity index (χ3v) is 4.92. The van der Waals surface area contributed by atoms with E-state index >= 15 is 0 Å². The smallest absolute Gasteiger partial charge is 0.317 e. The van der Waals surface area contributed by atoms with Crippen molar-refractivity contribution in [2.75, 3.05) is 38.2 Å². The Kier molecular flexibility index (Phi) is 5.89. The van der Waals surface area contributed by atoms with Crippen molar-refractivity contribution in [1.29, 1.82) is 0 Å². The van der Waals surface area contributed by atoms with Crippen molar-refractivity contribution < 1.29 is 9.53 Å². The fourth-order valence-electron chi connectivity index (χ4n) is 3.16. The number of nitrogens with zero attached hydrogens (tertiary/aromatic N) is 2. The number of anilines is 1. The van der Waals surface area contributed by atoms with Gasteiger partial charge in [0.05, 0.1) is 18.8 Å². The second-order valence-corrected chi connectivity index (χ2v) is 6.81. The summed E-state index contributed by atoms with van der Waals surface area (Å²) in [6, 6.07) is 15.5. The number of ether oxygens (including phenoxy) is 1. The molecule has 1 fully saturated rings. The topological polar surface area (TPSA) is 44.8 Å². The average molecular weight is 374 g/mol. The Labute approximate surface area is 159 Å². The summed E-state index contributed by atoms with van der Waals surface area (Å²) in [4.78, 5) is 16.6. The number of carbonyl (C=O) groups is 1. The van der Waals surface area contributed by atoms with E-state index in [2.05, 4.69) is 10.2 Å². The summed E-state index contributed by atoms with van der Waals surface area (Å²) in [5.41, 5.74) is 2.07. The van der Waals surface area contributed by atoms with Crippen molar-refractivity contribution in [1.82, 2.24) is 10.2 Å². The molecule has 1 heterocycles. The maximum atomic E-state index is 12.6. The largest absolute Gasteiger partial charge is 0.495 e. The van der Waals surface area contributed by atoms with Gasteiger partial charge in [-0.25, -0.2) is 4.79 Å². The van der Waals surface area contributed by atoms with Gasteiger partial charge in [-0.1, -0.05) is 41.9 Å². The number of hydrogen-bond acceptors (Lipinski definition) is 3. The highest BCUT2D eigenvalue weighted by Crippen LogP contribution is 2.31. The summed E-state index contributed by atoms with van der Waals surface area (Å²) in [5.74, 6) is 0.796. The predicted molar refractivity (Wildman–Crippen MR) is 105 cm³/mol. The number of urea groups is 1. The first-order chi connectivity index (χ1) is 12.6. The Morgan fingerprint density at radius 1 is 1.12 bits per heavy atom. The normalized spacial score (nSPS) is 15.5. The first-order valence-electron chi connectivity index (χ1n) is 8.77. The molecule has 2 aromatic carbocycles. The molecular weight excluding hydrogens is 350 g/mol. The Morgan fingerprint density at radius 3 is 2.46 bits per heavy atom. The second kappa shape index (κ2) is 8.32. The van der Waals surface area contributed by atoms with Crippen LogP contribution in [0.2, 0.25) is 5.02 Å². The summed E-state index contributed by atoms with van der Waals surface area (Å²) in [6.45, 7) is 4.79. The number of hydrogen-bond donors (Lipinski definition) is 1. The van der Waals surface area contributed by atoms with Crippen LogP contribution in [0.1, 0.15) is 18.5 Å². The minimum Gasteiger partial charge on any atom is -0.495 e. The van der Waals surface area contributed by atoms with Gasteiger partial charge in [0.1, 0.15) is 5.75 Å². The third-order valence-electron chi connectivity index (χ3n) is 4.69. The maximum absolute atomic E-state index is 12.6. The molecule has 6 heteroatoms. The molecule has 138 valence electrons. The molecular formula is C20H24ClN3O2. The van der Waals surface area contributed by atoms with Gasteiger partial charge in [-0.05, 0) is 30.7 Å². The SMILES string of the molecule is COc1ccc(Cl)cc1N1CCN(C(=O)NC(C)c2ccccc2)CC1. The number of benzene rings is 2. The summed E-state index contributed by atoms with van der Waals surface area (Å²) >= 11 is 6.13. The van der Waals surface area contributed by atoms with Crippen LogP contribution in [-0.4, -0.2) is 44.2 Å². The van der Waals surface area contributed by atoms with E-state index in [0.717, 1.165) is 30.1 Å². The molecule has 1 unspecified atom stereocenters. The molecule has 0 aliphatic carbocycles. The fourth-order valence-corrected chi connectivity index (χ4v) is 3.33. The molecule has 1 saturated heterocycles. The standard InChI is InChI=1S/C20H24ClN3O2/c1-15(16-6-4-3-5-7-16)22-20(25)24-12-10-23(11-13-24)18-14-17(21)8-9-19(18)26-2/h3-9,14-15H,10-13H2,1-2H3,(H,22,25). The van der Waals surface area contributed by atoms with Crippen LogP contribution in [0.15, 0.2) is 48.5 Å². The number of methoxy groups -OCH3 is 1. The number of halogens is 1. The van der Waals surface area contributed by atoms with Crippen LogP contribution >= 0.6 is 11.6 Å². The molecule has 1 aliphatic rings. The Bertz CT molecular complexity index is 746. The highest BCUT2D eigenvalue weighted by Gasteiger charge is 2.24. The van der Waals surface area contributed by atoms with E-state index in [1.807, 2.05) is 60.4 Å². The zero-order valence-corrected chi connectivity index (χ0v) is 15.9. The molecule has 0 bridgehead atoms. The Balaban J connectivity index is 1.58. The maximum Gasteiger partial charge on any atom is 0.317 e. The van der Waals surface area contributed by atoms with Crippen LogP contribution in [0.3, 0.4) is 0 Å². The highest BCUT2D eigenvalue weighted by atomic mass is 35.5. The zero-order chi connectivity index (χ0) is 18.5. The monoisotopic (exact) mass is 373 g/mol. The average Bonchev–Trinajstić information content (AvgIpc) is 2.68. The molecule has 1 atom stereocenters. The van der Waals surface area contributed by atoms with E-state index < -0.39 is 0 Å². The van der Waals surface area contributed by atoms with Crippen LogP contribution in [-0.2, 0) is 0 Å². The number of nitrogens with one attached hydrogen (secondary N) is 1. The first kappa shape index (κ1) is 18.4. The molecule has 2 amide bonds. The highest BCUT2D eigenvalue weighted by molar-refractivity contribution is 6.30. The van der Waals surface area contributed by atoms with Gasteiger partial charge in [-0.2, -0.15) is 0 Å². The Hall–Kier alpha value is -2.40. The summed E-state index contributed by atoms with van der Waals surface area (Å²) in [5, 5.41) is 3.75. The summed E-state index contributed by atoms with van der Waals surface area (Å²) in [6.07, 6.45) is 0. The van der Waals surface area contributed by atoms with E-state index in [1.165, 1.54) is 0 Å². The van der Waals surface area contributed by atoms with Crippen molar-refractivity contribution in [2.45, 2.75) is 13.0 Å². The number of piperazine rings is 1. The zero-order valence-electron chi connectivity index (χ0n) is 15.1. The molecule has 5 nitrogen and oxygen atoms in total. The molecule has 0 spiro atoms. The minimum absolute atomic E-state index is 0.0187. The molecule has 26 heavy (non-hydrogen) atoms. The van der Waals surface area contributed by atoms with Gasteiger partial charge in [0.2, 0.25) is 0 Å². The lowest BCUT2D eigenvalue weighted by atomic mass is 10.1. The number of rotatable bonds is 4. The minimum atomic E-state index is -0.0286. The van der Waals surface area contributed by atoms with Gasteiger partial charge < -0.3 is 19.9 Å². The van der Waals surface area contributed by atoms with E-state index in [-0.39, 0.29) is 12.1 Å². The molecule has 3 rings (SSSR count). The summed E-state index contributed by atoms with van der Waals surface area (Å²) < 4.78 is 5.44. The van der Waals surface area contributed by atoms with E-state index in [9.17, 15) is 4.79 Å². The van der Waals surface area contributed by atoms with Gasteiger partial charge >= 0.3 is 6.03 Å². The molecule has 0 radical (unpaired) electrons. The van der Waals surface area contributed by atoms with Gasteiger partial charge in [0.15, 0.2) is 0 Å². The molecule has 1 aliphatic heterocycles. The van der Waals surface area contributed by atoms with Crippen LogP contribution in [0.4, 0.5) is 10.5 Å². The molecule has 0 aromatic heterocycles. The predicted octanol–water partition coefficient (Wildman–Crippen LogP) is 3.94. The number of amides is 2. The van der Waals surface area contributed by atoms with Crippen molar-refractivity contribution in [3.05, 3.63) is 59.1 Å². The first-order valence-corrected chi connectivity index (χ1v) is 9.15. The lowest BCUT2D eigenvalue weighted by Crippen LogP contribution is -2.52. The lowest BCUT2D eigenvalue weighted by Gasteiger charge is -2.37. The van der Waals surface area contributed by atoms with Crippen molar-refractivity contribution in [2.24, 2.45) is 0 Å². The van der Waals surface area contributed by atoms with Gasteiger partial charge in [-0.15, -0.1) is 0 Å². The van der Waals surface area contributed by atoms with Crippen molar-refractivity contribution >= 4 is 23.3 Å². The van der Waals surface area contributed by atoms with Crippen LogP contribution in [0.25, 0.3) is 0 Å². The van der Waals surface area contributed by atoms with Crippen LogP contribution < -0.4 is 15.0 Å². The summed E-state index contributed by atoms with van der Waals surface area (Å²) in [7, 11) is 1.65. The van der Waals surface area contributed by atoms with Gasteiger partial charge in [0.25, 0.3) is 0 Å². The number of carbonyl (C=O) groups excluding carboxylic acids is 1. The van der Waals surface area contributed by atoms with Gasteiger partial charge in [-0.3, -0.25) is 0 Å². The quantitative estimate of drug-likeness (QED) is 0.882. The van der Waals surface area contributed by atoms with Crippen molar-refractivity contribution in [3.8, 4) is 5.75 Å². The molecule has 0 saturated carbocycles. The molecule has 1 N–H and O–H groups in total. The van der Waals surface area contributed by atoms with Crippen LogP contribution in [0, 0.1) is 0 Å². The Morgan fingerprint density at radius 2 is 1.81 bits per heavy atom. The van der Waals surface area contributed by atoms with E-state index in [1.54, 1.807) is 7.11 Å². The lowest BCUT2D eigenvalue weighted by molar-refractivity contribution is 0.191. The van der Waals surface area contributed by atoms with Crippen LogP contribution in [0.5, 0.6) is 5.75 Å². The second-order valence-electron chi connectivity index (χ2n) is 6.37. The van der Waals surface area contributed by atoms with Gasteiger partial charge in [0, 0.05) is 31.2 Å². The van der Waals surface area contributed by atoms with E-state index in [4.69, 9.17) is 16.3 Å². The van der Waals surface area contributed by atoms with Crippen molar-refractivity contribution in [3.63, 3.8) is 0 Å². The fraction of sp³-hybridized carbons (Fsp3) is 0.350. The molecule has 2 aromatic rings.